The van der Waals surface area contributed by atoms with Gasteiger partial charge in [0, 0.05) is 29.1 Å². The Morgan fingerprint density at radius 3 is 2.69 bits per heavy atom. The molecule has 8 nitrogen and oxygen atoms in total. The van der Waals surface area contributed by atoms with Gasteiger partial charge in [-0.25, -0.2) is 4.79 Å². The van der Waals surface area contributed by atoms with Gasteiger partial charge >= 0.3 is 5.63 Å². The summed E-state index contributed by atoms with van der Waals surface area (Å²) in [5.41, 5.74) is 6.95. The molecule has 0 bridgehead atoms. The predicted octanol–water partition coefficient (Wildman–Crippen LogP) is 3.71. The molecule has 152 valence electrons. The van der Waals surface area contributed by atoms with Crippen molar-refractivity contribution in [1.82, 2.24) is 0 Å². The fraction of sp³-hybridized carbons (Fsp3) is 0.286. The average Bonchev–Trinajstić information content (AvgIpc) is 2.69. The van der Waals surface area contributed by atoms with E-state index in [1.54, 1.807) is 18.2 Å². The summed E-state index contributed by atoms with van der Waals surface area (Å²) in [6, 6.07) is 11.1. The standard InChI is InChI=1S/C21H22N2O6/c1-14-10-21(24)29-20-12-17(6-7-18(14)20)28-13-15-4-5-16(23(25)26)11-19(15)27-9-3-2-8-22/h4-7,10-12H,2-3,8-9,13,22H2,1H3. The van der Waals surface area contributed by atoms with E-state index in [1.807, 2.05) is 13.0 Å². The second kappa shape index (κ2) is 9.20. The molecule has 1 heterocycles. The van der Waals surface area contributed by atoms with E-state index in [4.69, 9.17) is 19.6 Å². The molecule has 0 aliphatic rings. The number of benzene rings is 2. The highest BCUT2D eigenvalue weighted by Crippen LogP contribution is 2.28. The van der Waals surface area contributed by atoms with Crippen molar-refractivity contribution in [2.24, 2.45) is 5.73 Å². The second-order valence-corrected chi connectivity index (χ2v) is 6.59. The molecule has 0 saturated carbocycles. The van der Waals surface area contributed by atoms with E-state index in [9.17, 15) is 14.9 Å². The Hall–Kier alpha value is -3.39. The molecule has 0 spiro atoms. The number of non-ortho nitro benzene ring substituents is 1. The Morgan fingerprint density at radius 2 is 1.93 bits per heavy atom. The molecular formula is C21H22N2O6. The zero-order valence-corrected chi connectivity index (χ0v) is 16.1. The van der Waals surface area contributed by atoms with Gasteiger partial charge in [-0.1, -0.05) is 0 Å². The van der Waals surface area contributed by atoms with E-state index in [2.05, 4.69) is 0 Å². The summed E-state index contributed by atoms with van der Waals surface area (Å²) in [5, 5.41) is 11.9. The topological polar surface area (TPSA) is 118 Å². The largest absolute Gasteiger partial charge is 0.493 e. The van der Waals surface area contributed by atoms with Crippen LogP contribution >= 0.6 is 0 Å². The van der Waals surface area contributed by atoms with E-state index >= 15 is 0 Å². The third kappa shape index (κ3) is 5.11. The number of ether oxygens (including phenoxy) is 2. The first kappa shape index (κ1) is 20.3. The molecule has 0 unspecified atom stereocenters. The molecule has 0 radical (unpaired) electrons. The number of nitrogens with zero attached hydrogens (tertiary/aromatic N) is 1. The number of unbranched alkanes of at least 4 members (excludes halogenated alkanes) is 1. The SMILES string of the molecule is Cc1cc(=O)oc2cc(OCc3ccc([N+](=O)[O-])cc3OCCCCN)ccc12. The number of nitrogens with two attached hydrogens (primary N) is 1. The van der Waals surface area contributed by atoms with Gasteiger partial charge in [0.2, 0.25) is 0 Å². The van der Waals surface area contributed by atoms with Crippen molar-refractivity contribution < 1.29 is 18.8 Å². The molecule has 3 rings (SSSR count). The summed E-state index contributed by atoms with van der Waals surface area (Å²) < 4.78 is 16.8. The van der Waals surface area contributed by atoms with Gasteiger partial charge in [-0.2, -0.15) is 0 Å². The number of nitro benzene ring substituents is 1. The summed E-state index contributed by atoms with van der Waals surface area (Å²) in [6.45, 7) is 2.95. The summed E-state index contributed by atoms with van der Waals surface area (Å²) >= 11 is 0. The van der Waals surface area contributed by atoms with Crippen molar-refractivity contribution in [2.75, 3.05) is 13.2 Å². The summed E-state index contributed by atoms with van der Waals surface area (Å²) in [5.74, 6) is 0.915. The lowest BCUT2D eigenvalue weighted by atomic mass is 10.1. The minimum atomic E-state index is -0.467. The first-order valence-electron chi connectivity index (χ1n) is 9.25. The third-order valence-corrected chi connectivity index (χ3v) is 4.43. The number of hydrogen-bond acceptors (Lipinski definition) is 7. The van der Waals surface area contributed by atoms with Gasteiger partial charge in [-0.15, -0.1) is 0 Å². The Balaban J connectivity index is 1.79. The highest BCUT2D eigenvalue weighted by molar-refractivity contribution is 5.81. The lowest BCUT2D eigenvalue weighted by Gasteiger charge is -2.13. The number of aryl methyl sites for hydroxylation is 1. The second-order valence-electron chi connectivity index (χ2n) is 6.59. The summed E-state index contributed by atoms with van der Waals surface area (Å²) in [6.07, 6.45) is 1.56. The molecule has 0 aliphatic carbocycles. The van der Waals surface area contributed by atoms with Crippen LogP contribution in [0, 0.1) is 17.0 Å². The van der Waals surface area contributed by atoms with Crippen molar-refractivity contribution in [3.63, 3.8) is 0 Å². The fourth-order valence-electron chi connectivity index (χ4n) is 2.90. The van der Waals surface area contributed by atoms with Crippen LogP contribution in [0.1, 0.15) is 24.0 Å². The van der Waals surface area contributed by atoms with Crippen LogP contribution in [0.25, 0.3) is 11.0 Å². The van der Waals surface area contributed by atoms with Gasteiger partial charge < -0.3 is 19.6 Å². The molecule has 0 saturated heterocycles. The molecule has 0 aliphatic heterocycles. The van der Waals surface area contributed by atoms with Crippen molar-refractivity contribution in [3.05, 3.63) is 74.1 Å². The molecule has 3 aromatic rings. The molecule has 1 aromatic heterocycles. The molecular weight excluding hydrogens is 376 g/mol. The van der Waals surface area contributed by atoms with E-state index in [0.717, 1.165) is 23.8 Å². The zero-order chi connectivity index (χ0) is 20.8. The quantitative estimate of drug-likeness (QED) is 0.253. The van der Waals surface area contributed by atoms with E-state index in [1.165, 1.54) is 18.2 Å². The van der Waals surface area contributed by atoms with Crippen LogP contribution in [0.15, 0.2) is 51.7 Å². The van der Waals surface area contributed by atoms with Crippen LogP contribution in [0.3, 0.4) is 0 Å². The third-order valence-electron chi connectivity index (χ3n) is 4.43. The molecule has 29 heavy (non-hydrogen) atoms. The smallest absolute Gasteiger partial charge is 0.336 e. The number of rotatable bonds is 9. The first-order valence-corrected chi connectivity index (χ1v) is 9.25. The Bertz CT molecular complexity index is 1080. The number of fused-ring (bicyclic) bond motifs is 1. The molecule has 0 fully saturated rings. The maximum atomic E-state index is 11.6. The minimum Gasteiger partial charge on any atom is -0.493 e. The summed E-state index contributed by atoms with van der Waals surface area (Å²) in [4.78, 5) is 22.2. The van der Waals surface area contributed by atoms with Crippen molar-refractivity contribution in [3.8, 4) is 11.5 Å². The van der Waals surface area contributed by atoms with Gasteiger partial charge in [0.1, 0.15) is 23.7 Å². The molecule has 2 N–H and O–H groups in total. The molecule has 8 heteroatoms. The monoisotopic (exact) mass is 398 g/mol. The van der Waals surface area contributed by atoms with Crippen LogP contribution in [0.5, 0.6) is 11.5 Å². The van der Waals surface area contributed by atoms with Gasteiger partial charge in [0.25, 0.3) is 5.69 Å². The Kier molecular flexibility index (Phi) is 6.46. The van der Waals surface area contributed by atoms with Crippen LogP contribution < -0.4 is 20.8 Å². The van der Waals surface area contributed by atoms with Gasteiger partial charge in [0.15, 0.2) is 0 Å². The summed E-state index contributed by atoms with van der Waals surface area (Å²) in [7, 11) is 0. The van der Waals surface area contributed by atoms with Gasteiger partial charge in [-0.3, -0.25) is 10.1 Å². The fourth-order valence-corrected chi connectivity index (χ4v) is 2.90. The zero-order valence-electron chi connectivity index (χ0n) is 16.1. The van der Waals surface area contributed by atoms with E-state index < -0.39 is 10.5 Å². The van der Waals surface area contributed by atoms with Crippen LogP contribution in [-0.4, -0.2) is 18.1 Å². The lowest BCUT2D eigenvalue weighted by Crippen LogP contribution is -2.06. The maximum Gasteiger partial charge on any atom is 0.336 e. The molecule has 2 aromatic carbocycles. The van der Waals surface area contributed by atoms with Crippen molar-refractivity contribution >= 4 is 16.7 Å². The van der Waals surface area contributed by atoms with Crippen molar-refractivity contribution in [2.45, 2.75) is 26.4 Å². The van der Waals surface area contributed by atoms with Gasteiger partial charge in [0.05, 0.1) is 17.6 Å². The highest BCUT2D eigenvalue weighted by Gasteiger charge is 2.13. The minimum absolute atomic E-state index is 0.0504. The van der Waals surface area contributed by atoms with E-state index in [0.29, 0.717) is 35.8 Å². The van der Waals surface area contributed by atoms with Gasteiger partial charge in [-0.05, 0) is 50.1 Å². The number of nitro groups is 1. The van der Waals surface area contributed by atoms with Crippen molar-refractivity contribution in [1.29, 1.82) is 0 Å². The normalized spacial score (nSPS) is 10.8. The van der Waals surface area contributed by atoms with E-state index in [-0.39, 0.29) is 12.3 Å². The van der Waals surface area contributed by atoms with Crippen LogP contribution in [0.4, 0.5) is 5.69 Å². The average molecular weight is 398 g/mol. The maximum absolute atomic E-state index is 11.6. The first-order chi connectivity index (χ1) is 14.0. The predicted molar refractivity (Wildman–Crippen MR) is 108 cm³/mol. The molecule has 0 amide bonds. The highest BCUT2D eigenvalue weighted by atomic mass is 16.6. The Labute approximate surface area is 167 Å². The Morgan fingerprint density at radius 1 is 1.10 bits per heavy atom. The number of hydrogen-bond donors (Lipinski definition) is 1. The van der Waals surface area contributed by atoms with Crippen LogP contribution in [0.2, 0.25) is 0 Å². The lowest BCUT2D eigenvalue weighted by molar-refractivity contribution is -0.385. The molecule has 0 atom stereocenters. The van der Waals surface area contributed by atoms with Crippen LogP contribution in [-0.2, 0) is 6.61 Å².